The Hall–Kier alpha value is -0.0431. The van der Waals surface area contributed by atoms with Crippen LogP contribution in [0.25, 0.3) is 0 Å². The molecule has 0 aromatic carbocycles. The molecule has 0 rings (SSSR count). The molecular weight excluding hydrogens is 160 g/mol. The zero-order chi connectivity index (χ0) is 9.99. The van der Waals surface area contributed by atoms with Gasteiger partial charge in [0.15, 0.2) is 0 Å². The van der Waals surface area contributed by atoms with Gasteiger partial charge in [0.2, 0.25) is 0 Å². The molecule has 0 aromatic rings. The molecule has 0 heterocycles. The molecule has 0 aliphatic rings. The Kier molecular flexibility index (Phi) is 3.76. The summed E-state index contributed by atoms with van der Waals surface area (Å²) in [5.74, 6) is 0. The van der Waals surface area contributed by atoms with Crippen molar-refractivity contribution in [1.29, 1.82) is 0 Å². The van der Waals surface area contributed by atoms with Gasteiger partial charge in [0.25, 0.3) is 0 Å². The van der Waals surface area contributed by atoms with Crippen molar-refractivity contribution in [2.24, 2.45) is 0 Å². The fraction of sp³-hybridized carbons (Fsp3) is 0.818. The van der Waals surface area contributed by atoms with E-state index in [0.29, 0.717) is 5.04 Å². The van der Waals surface area contributed by atoms with Gasteiger partial charge in [0, 0.05) is 0 Å². The number of hydrogen-bond acceptors (Lipinski definition) is 0. The lowest BCUT2D eigenvalue weighted by Gasteiger charge is -2.36. The summed E-state index contributed by atoms with van der Waals surface area (Å²) in [5, 5.41) is 0.527. The van der Waals surface area contributed by atoms with Crippen LogP contribution in [0.1, 0.15) is 34.6 Å². The highest BCUT2D eigenvalue weighted by atomic mass is 28.3. The molecule has 0 radical (unpaired) electrons. The zero-order valence-electron chi connectivity index (χ0n) is 9.78. The molecule has 0 N–H and O–H groups in total. The zero-order valence-corrected chi connectivity index (χ0v) is 10.8. The van der Waals surface area contributed by atoms with Gasteiger partial charge in [-0.25, -0.2) is 0 Å². The molecule has 72 valence electrons. The fourth-order valence-corrected chi connectivity index (χ4v) is 2.30. The van der Waals surface area contributed by atoms with Gasteiger partial charge >= 0.3 is 0 Å². The molecule has 0 bridgehead atoms. The number of allylic oxidation sites excluding steroid dienone is 2. The molecule has 0 atom stereocenters. The Morgan fingerprint density at radius 2 is 1.58 bits per heavy atom. The molecule has 0 amide bonds. The van der Waals surface area contributed by atoms with E-state index in [-0.39, 0.29) is 0 Å². The Bertz CT molecular complexity index is 166. The van der Waals surface area contributed by atoms with E-state index < -0.39 is 8.07 Å². The van der Waals surface area contributed by atoms with E-state index in [0.717, 1.165) is 0 Å². The van der Waals surface area contributed by atoms with Crippen molar-refractivity contribution in [3.05, 3.63) is 11.6 Å². The molecule has 12 heavy (non-hydrogen) atoms. The molecule has 0 saturated heterocycles. The van der Waals surface area contributed by atoms with Gasteiger partial charge in [-0.15, -0.1) is 0 Å². The van der Waals surface area contributed by atoms with Gasteiger partial charge in [-0.2, -0.15) is 0 Å². The Morgan fingerprint density at radius 1 is 1.17 bits per heavy atom. The van der Waals surface area contributed by atoms with E-state index in [9.17, 15) is 0 Å². The standard InChI is InChI=1S/C11H24Si/c1-10(2)8-9-12(6,7)11(3,4)5/h8H,9H2,1-7H3. The van der Waals surface area contributed by atoms with Crippen LogP contribution in [0.15, 0.2) is 11.6 Å². The molecule has 0 aliphatic carbocycles. The van der Waals surface area contributed by atoms with E-state index in [1.165, 1.54) is 11.6 Å². The maximum atomic E-state index is 2.48. The second-order valence-corrected chi connectivity index (χ2v) is 11.3. The van der Waals surface area contributed by atoms with Crippen LogP contribution in [0.5, 0.6) is 0 Å². The van der Waals surface area contributed by atoms with Crippen LogP contribution in [-0.2, 0) is 0 Å². The summed E-state index contributed by atoms with van der Waals surface area (Å²) in [5.41, 5.74) is 1.46. The van der Waals surface area contributed by atoms with Gasteiger partial charge in [0.05, 0.1) is 8.07 Å². The lowest BCUT2D eigenvalue weighted by atomic mass is 10.2. The van der Waals surface area contributed by atoms with E-state index in [1.807, 2.05) is 0 Å². The van der Waals surface area contributed by atoms with Crippen LogP contribution >= 0.6 is 0 Å². The summed E-state index contributed by atoms with van der Waals surface area (Å²) >= 11 is 0. The summed E-state index contributed by atoms with van der Waals surface area (Å²) in [6.45, 7) is 16.5. The maximum absolute atomic E-state index is 2.48. The summed E-state index contributed by atoms with van der Waals surface area (Å²) < 4.78 is 0. The highest BCUT2D eigenvalue weighted by Gasteiger charge is 2.33. The van der Waals surface area contributed by atoms with Crippen LogP contribution in [0.3, 0.4) is 0 Å². The number of hydrogen-bond donors (Lipinski definition) is 0. The van der Waals surface area contributed by atoms with Crippen molar-refractivity contribution in [3.63, 3.8) is 0 Å². The Morgan fingerprint density at radius 3 is 1.83 bits per heavy atom. The van der Waals surface area contributed by atoms with Crippen LogP contribution in [-0.4, -0.2) is 8.07 Å². The minimum atomic E-state index is -1.04. The van der Waals surface area contributed by atoms with E-state index in [1.54, 1.807) is 0 Å². The largest absolute Gasteiger partial charge is 0.0885 e. The van der Waals surface area contributed by atoms with E-state index in [2.05, 4.69) is 53.8 Å². The number of rotatable bonds is 2. The Balaban J connectivity index is 4.34. The minimum absolute atomic E-state index is 0.527. The minimum Gasteiger partial charge on any atom is -0.0885 e. The molecule has 0 spiro atoms. The molecule has 0 saturated carbocycles. The summed E-state index contributed by atoms with van der Waals surface area (Å²) in [4.78, 5) is 0. The molecule has 0 aromatic heterocycles. The van der Waals surface area contributed by atoms with Crippen LogP contribution in [0.4, 0.5) is 0 Å². The first-order valence-electron chi connectivity index (χ1n) is 4.80. The first-order chi connectivity index (χ1) is 5.17. The normalized spacial score (nSPS) is 12.9. The van der Waals surface area contributed by atoms with Gasteiger partial charge in [-0.3, -0.25) is 0 Å². The Labute approximate surface area is 79.1 Å². The third-order valence-corrected chi connectivity index (χ3v) is 8.34. The highest BCUT2D eigenvalue weighted by molar-refractivity contribution is 6.80. The predicted octanol–water partition coefficient (Wildman–Crippen LogP) is 4.46. The monoisotopic (exact) mass is 184 g/mol. The molecule has 0 fully saturated rings. The third kappa shape index (κ3) is 3.57. The van der Waals surface area contributed by atoms with Gasteiger partial charge in [-0.1, -0.05) is 45.5 Å². The third-order valence-electron chi connectivity index (χ3n) is 3.05. The highest BCUT2D eigenvalue weighted by Crippen LogP contribution is 2.38. The molecular formula is C11H24Si. The quantitative estimate of drug-likeness (QED) is 0.439. The lowest BCUT2D eigenvalue weighted by Crippen LogP contribution is -2.36. The summed E-state index contributed by atoms with van der Waals surface area (Å²) in [6.07, 6.45) is 2.40. The van der Waals surface area contributed by atoms with E-state index >= 15 is 0 Å². The van der Waals surface area contributed by atoms with Crippen molar-refractivity contribution in [2.45, 2.75) is 58.8 Å². The van der Waals surface area contributed by atoms with Gasteiger partial charge < -0.3 is 0 Å². The van der Waals surface area contributed by atoms with Crippen molar-refractivity contribution in [3.8, 4) is 0 Å². The SMILES string of the molecule is CC(C)=CC[Si](C)(C)C(C)(C)C. The average molecular weight is 184 g/mol. The van der Waals surface area contributed by atoms with Gasteiger partial charge in [0.1, 0.15) is 0 Å². The smallest absolute Gasteiger partial charge is 0.0565 e. The second kappa shape index (κ2) is 3.78. The summed E-state index contributed by atoms with van der Waals surface area (Å²) in [6, 6.07) is 1.32. The van der Waals surface area contributed by atoms with Gasteiger partial charge in [-0.05, 0) is 24.9 Å². The second-order valence-electron chi connectivity index (χ2n) is 5.62. The maximum Gasteiger partial charge on any atom is 0.0565 e. The molecule has 1 heteroatoms. The molecule has 0 nitrogen and oxygen atoms in total. The summed E-state index contributed by atoms with van der Waals surface area (Å²) in [7, 11) is -1.04. The van der Waals surface area contributed by atoms with Crippen LogP contribution < -0.4 is 0 Å². The first-order valence-corrected chi connectivity index (χ1v) is 8.01. The lowest BCUT2D eigenvalue weighted by molar-refractivity contribution is 0.719. The van der Waals surface area contributed by atoms with E-state index in [4.69, 9.17) is 0 Å². The van der Waals surface area contributed by atoms with Crippen molar-refractivity contribution >= 4 is 8.07 Å². The topological polar surface area (TPSA) is 0 Å². The van der Waals surface area contributed by atoms with Crippen molar-refractivity contribution in [2.75, 3.05) is 0 Å². The molecule has 0 aliphatic heterocycles. The van der Waals surface area contributed by atoms with Crippen molar-refractivity contribution < 1.29 is 0 Å². The average Bonchev–Trinajstić information content (AvgIpc) is 1.81. The predicted molar refractivity (Wildman–Crippen MR) is 61.4 cm³/mol. The van der Waals surface area contributed by atoms with Crippen LogP contribution in [0.2, 0.25) is 24.2 Å². The van der Waals surface area contributed by atoms with Crippen LogP contribution in [0, 0.1) is 0 Å². The molecule has 0 unspecified atom stereocenters. The fourth-order valence-electron chi connectivity index (χ4n) is 0.765. The first kappa shape index (κ1) is 12.0. The van der Waals surface area contributed by atoms with Crippen molar-refractivity contribution in [1.82, 2.24) is 0 Å².